The Morgan fingerprint density at radius 2 is 1.81 bits per heavy atom. The number of amides is 1. The molecule has 1 atom stereocenters. The van der Waals surface area contributed by atoms with Gasteiger partial charge in [-0.25, -0.2) is 8.42 Å². The van der Waals surface area contributed by atoms with Crippen LogP contribution >= 0.6 is 0 Å². The number of nitrogens with one attached hydrogen (secondary N) is 1. The first-order valence-electron chi connectivity index (χ1n) is 8.78. The number of anilines is 1. The molecule has 6 nitrogen and oxygen atoms in total. The minimum atomic E-state index is -3.61. The van der Waals surface area contributed by atoms with Crippen molar-refractivity contribution >= 4 is 21.6 Å². The van der Waals surface area contributed by atoms with Gasteiger partial charge in [0.25, 0.3) is 0 Å². The molecular weight excluding hydrogens is 362 g/mol. The van der Waals surface area contributed by atoms with Crippen LogP contribution in [-0.4, -0.2) is 31.7 Å². The van der Waals surface area contributed by atoms with Gasteiger partial charge in [-0.05, 0) is 56.2 Å². The van der Waals surface area contributed by atoms with Crippen LogP contribution in [0.25, 0.3) is 0 Å². The zero-order valence-corrected chi connectivity index (χ0v) is 15.9. The van der Waals surface area contributed by atoms with Crippen LogP contribution < -0.4 is 5.32 Å². The predicted octanol–water partition coefficient (Wildman–Crippen LogP) is 2.91. The molecule has 1 fully saturated rings. The number of nitrogens with zero attached hydrogens (tertiary/aromatic N) is 2. The van der Waals surface area contributed by atoms with Crippen LogP contribution in [0.1, 0.15) is 24.0 Å². The maximum Gasteiger partial charge on any atom is 0.243 e. The molecule has 0 spiro atoms. The maximum absolute atomic E-state index is 12.9. The second-order valence-corrected chi connectivity index (χ2v) is 8.63. The van der Waals surface area contributed by atoms with E-state index in [1.165, 1.54) is 4.31 Å². The summed E-state index contributed by atoms with van der Waals surface area (Å²) < 4.78 is 27.1. The summed E-state index contributed by atoms with van der Waals surface area (Å²) in [5.41, 5.74) is 2.10. The first-order chi connectivity index (χ1) is 12.9. The first-order valence-corrected chi connectivity index (χ1v) is 10.2. The molecule has 1 aliphatic heterocycles. The van der Waals surface area contributed by atoms with Gasteiger partial charge in [-0.15, -0.1) is 0 Å². The van der Waals surface area contributed by atoms with Gasteiger partial charge in [-0.1, -0.05) is 17.7 Å². The highest BCUT2D eigenvalue weighted by molar-refractivity contribution is 7.89. The first kappa shape index (κ1) is 19.1. The van der Waals surface area contributed by atoms with E-state index in [9.17, 15) is 13.2 Å². The second kappa shape index (κ2) is 7.91. The van der Waals surface area contributed by atoms with E-state index >= 15 is 0 Å². The Hall–Kier alpha value is -2.69. The summed E-state index contributed by atoms with van der Waals surface area (Å²) in [6, 6.07) is 15.4. The van der Waals surface area contributed by atoms with Crippen LogP contribution in [-0.2, 0) is 14.8 Å². The molecule has 3 rings (SSSR count). The summed E-state index contributed by atoms with van der Waals surface area (Å²) in [7, 11) is -3.61. The smallest absolute Gasteiger partial charge is 0.243 e. The van der Waals surface area contributed by atoms with Crippen molar-refractivity contribution in [3.05, 3.63) is 59.7 Å². The molecule has 0 aromatic heterocycles. The third-order valence-corrected chi connectivity index (χ3v) is 6.57. The summed E-state index contributed by atoms with van der Waals surface area (Å²) in [6.07, 6.45) is 1.28. The maximum atomic E-state index is 12.9. The standard InChI is InChI=1S/C20H21N3O3S/c1-15-4-10-19(11-5-15)27(25,26)23-12-2-3-17(14-23)20(24)22-18-8-6-16(13-21)7-9-18/h4-11,17H,2-3,12,14H2,1H3,(H,22,24)/t17-/m0/s1. The molecule has 2 aromatic rings. The lowest BCUT2D eigenvalue weighted by Gasteiger charge is -2.31. The summed E-state index contributed by atoms with van der Waals surface area (Å²) in [5, 5.41) is 11.6. The molecule has 27 heavy (non-hydrogen) atoms. The summed E-state index contributed by atoms with van der Waals surface area (Å²) in [5.74, 6) is -0.613. The fraction of sp³-hybridized carbons (Fsp3) is 0.300. The molecule has 1 N–H and O–H groups in total. The second-order valence-electron chi connectivity index (χ2n) is 6.69. The van der Waals surface area contributed by atoms with E-state index in [1.54, 1.807) is 48.5 Å². The number of piperidine rings is 1. The molecule has 1 amide bonds. The van der Waals surface area contributed by atoms with Crippen LogP contribution in [0.5, 0.6) is 0 Å². The lowest BCUT2D eigenvalue weighted by molar-refractivity contribution is -0.120. The fourth-order valence-electron chi connectivity index (χ4n) is 3.11. The topological polar surface area (TPSA) is 90.3 Å². The van der Waals surface area contributed by atoms with Gasteiger partial charge in [0.15, 0.2) is 0 Å². The molecule has 140 valence electrons. The highest BCUT2D eigenvalue weighted by Gasteiger charge is 2.33. The molecule has 0 radical (unpaired) electrons. The zero-order valence-electron chi connectivity index (χ0n) is 15.1. The molecular formula is C20H21N3O3S. The SMILES string of the molecule is Cc1ccc(S(=O)(=O)N2CCC[C@H](C(=O)Nc3ccc(C#N)cc3)C2)cc1. The number of nitriles is 1. The van der Waals surface area contributed by atoms with Crippen LogP contribution in [0.4, 0.5) is 5.69 Å². The van der Waals surface area contributed by atoms with E-state index in [-0.39, 0.29) is 17.3 Å². The van der Waals surface area contributed by atoms with Crippen molar-refractivity contribution in [2.75, 3.05) is 18.4 Å². The van der Waals surface area contributed by atoms with Gasteiger partial charge in [0, 0.05) is 18.8 Å². The zero-order chi connectivity index (χ0) is 19.4. The van der Waals surface area contributed by atoms with E-state index in [1.807, 2.05) is 13.0 Å². The van der Waals surface area contributed by atoms with Crippen molar-refractivity contribution in [3.8, 4) is 6.07 Å². The van der Waals surface area contributed by atoms with Gasteiger partial charge in [-0.3, -0.25) is 4.79 Å². The molecule has 1 aliphatic rings. The van der Waals surface area contributed by atoms with E-state index in [2.05, 4.69) is 5.32 Å². The molecule has 1 heterocycles. The number of hydrogen-bond acceptors (Lipinski definition) is 4. The molecule has 0 unspecified atom stereocenters. The highest BCUT2D eigenvalue weighted by Crippen LogP contribution is 2.25. The van der Waals surface area contributed by atoms with Crippen LogP contribution in [0.15, 0.2) is 53.4 Å². The Balaban J connectivity index is 1.70. The minimum Gasteiger partial charge on any atom is -0.326 e. The Morgan fingerprint density at radius 3 is 2.44 bits per heavy atom. The average molecular weight is 383 g/mol. The van der Waals surface area contributed by atoms with Crippen molar-refractivity contribution in [3.63, 3.8) is 0 Å². The Bertz CT molecular complexity index is 961. The van der Waals surface area contributed by atoms with Gasteiger partial charge in [0.1, 0.15) is 0 Å². The molecule has 0 saturated carbocycles. The fourth-order valence-corrected chi connectivity index (χ4v) is 4.63. The molecule has 1 saturated heterocycles. The van der Waals surface area contributed by atoms with Gasteiger partial charge < -0.3 is 5.32 Å². The van der Waals surface area contributed by atoms with Crippen LogP contribution in [0.2, 0.25) is 0 Å². The monoisotopic (exact) mass is 383 g/mol. The number of benzene rings is 2. The van der Waals surface area contributed by atoms with Crippen molar-refractivity contribution in [2.24, 2.45) is 5.92 Å². The van der Waals surface area contributed by atoms with Crippen molar-refractivity contribution < 1.29 is 13.2 Å². The van der Waals surface area contributed by atoms with Crippen molar-refractivity contribution in [1.29, 1.82) is 5.26 Å². The number of hydrogen-bond donors (Lipinski definition) is 1. The molecule has 2 aromatic carbocycles. The Kier molecular flexibility index (Phi) is 5.59. The lowest BCUT2D eigenvalue weighted by atomic mass is 9.98. The summed E-state index contributed by atoms with van der Waals surface area (Å²) in [6.45, 7) is 2.48. The summed E-state index contributed by atoms with van der Waals surface area (Å²) in [4.78, 5) is 12.8. The van der Waals surface area contributed by atoms with Crippen molar-refractivity contribution in [1.82, 2.24) is 4.31 Å². The van der Waals surface area contributed by atoms with Gasteiger partial charge in [0.2, 0.25) is 15.9 Å². The number of carbonyl (C=O) groups excluding carboxylic acids is 1. The molecule has 7 heteroatoms. The Morgan fingerprint density at radius 1 is 1.15 bits per heavy atom. The number of sulfonamides is 1. The number of carbonyl (C=O) groups is 1. The number of aryl methyl sites for hydroxylation is 1. The third-order valence-electron chi connectivity index (χ3n) is 4.70. The van der Waals surface area contributed by atoms with E-state index in [4.69, 9.17) is 5.26 Å². The van der Waals surface area contributed by atoms with E-state index in [0.717, 1.165) is 5.56 Å². The largest absolute Gasteiger partial charge is 0.326 e. The quantitative estimate of drug-likeness (QED) is 0.879. The number of rotatable bonds is 4. The van der Waals surface area contributed by atoms with Gasteiger partial charge in [-0.2, -0.15) is 9.57 Å². The minimum absolute atomic E-state index is 0.165. The van der Waals surface area contributed by atoms with Crippen LogP contribution in [0.3, 0.4) is 0 Å². The Labute approximate surface area is 159 Å². The third kappa shape index (κ3) is 4.35. The van der Waals surface area contributed by atoms with Gasteiger partial charge >= 0.3 is 0 Å². The van der Waals surface area contributed by atoms with Crippen LogP contribution in [0, 0.1) is 24.2 Å². The van der Waals surface area contributed by atoms with E-state index < -0.39 is 15.9 Å². The highest BCUT2D eigenvalue weighted by atomic mass is 32.2. The molecule has 0 aliphatic carbocycles. The van der Waals surface area contributed by atoms with E-state index in [0.29, 0.717) is 30.6 Å². The van der Waals surface area contributed by atoms with Gasteiger partial charge in [0.05, 0.1) is 22.4 Å². The summed E-state index contributed by atoms with van der Waals surface area (Å²) >= 11 is 0. The molecule has 0 bridgehead atoms. The average Bonchev–Trinajstić information content (AvgIpc) is 2.69. The van der Waals surface area contributed by atoms with Crippen molar-refractivity contribution in [2.45, 2.75) is 24.7 Å². The predicted molar refractivity (Wildman–Crippen MR) is 102 cm³/mol. The lowest BCUT2D eigenvalue weighted by Crippen LogP contribution is -2.43. The normalized spacial score (nSPS) is 17.9.